The first-order chi connectivity index (χ1) is 9.83. The van der Waals surface area contributed by atoms with Crippen LogP contribution in [0.25, 0.3) is 11.0 Å². The van der Waals surface area contributed by atoms with Gasteiger partial charge in [0.2, 0.25) is 0 Å². The number of amides is 1. The predicted molar refractivity (Wildman–Crippen MR) is 89.2 cm³/mol. The molecule has 0 saturated heterocycles. The highest BCUT2D eigenvalue weighted by molar-refractivity contribution is 14.1. The minimum absolute atomic E-state index is 0.0648. The maximum Gasteiger partial charge on any atom is 0.253 e. The summed E-state index contributed by atoms with van der Waals surface area (Å²) in [5.74, 6) is -0.0648. The molecule has 4 nitrogen and oxygen atoms in total. The number of aromatic nitrogens is 2. The quantitative estimate of drug-likeness (QED) is 0.453. The monoisotopic (exact) mass is 383 g/mol. The second-order valence-corrected chi connectivity index (χ2v) is 5.67. The number of hydrogen-bond donors (Lipinski definition) is 1. The Balaban J connectivity index is 1.91. The van der Waals surface area contributed by atoms with E-state index in [9.17, 15) is 4.79 Å². The number of para-hydroxylation sites is 1. The van der Waals surface area contributed by atoms with E-state index in [0.29, 0.717) is 11.1 Å². The van der Waals surface area contributed by atoms with Gasteiger partial charge in [-0.1, -0.05) is 41.5 Å². The lowest BCUT2D eigenvalue weighted by Gasteiger charge is -2.07. The van der Waals surface area contributed by atoms with Gasteiger partial charge in [-0.05, 0) is 29.4 Å². The van der Waals surface area contributed by atoms with Gasteiger partial charge in [0, 0.05) is 18.9 Å². The van der Waals surface area contributed by atoms with Crippen molar-refractivity contribution in [1.82, 2.24) is 15.3 Å². The highest BCUT2D eigenvalue weighted by Crippen LogP contribution is 2.13. The van der Waals surface area contributed by atoms with Crippen LogP contribution in [0.5, 0.6) is 0 Å². The van der Waals surface area contributed by atoms with Gasteiger partial charge in [-0.3, -0.25) is 14.8 Å². The first kappa shape index (κ1) is 15.2. The summed E-state index contributed by atoms with van der Waals surface area (Å²) in [6.07, 6.45) is 7.93. The van der Waals surface area contributed by atoms with E-state index in [-0.39, 0.29) is 5.91 Å². The van der Waals surface area contributed by atoms with Gasteiger partial charge in [0.15, 0.2) is 0 Å². The molecule has 1 aromatic carbocycles. The largest absolute Gasteiger partial charge is 0.352 e. The van der Waals surface area contributed by atoms with Gasteiger partial charge < -0.3 is 5.32 Å². The van der Waals surface area contributed by atoms with Crippen molar-refractivity contribution in [2.75, 3.05) is 11.0 Å². The van der Waals surface area contributed by atoms with E-state index in [0.717, 1.165) is 18.5 Å². The molecule has 0 atom stereocenters. The minimum Gasteiger partial charge on any atom is -0.352 e. The first-order valence-electron chi connectivity index (χ1n) is 6.87. The SMILES string of the molecule is O=C(NCCCCCCI)c1cccc2nccnc12. The normalized spacial score (nSPS) is 10.7. The third-order valence-electron chi connectivity index (χ3n) is 3.09. The lowest BCUT2D eigenvalue weighted by molar-refractivity contribution is 0.0954. The Bertz CT molecular complexity index is 569. The number of nitrogens with one attached hydrogen (secondary N) is 1. The topological polar surface area (TPSA) is 54.9 Å². The van der Waals surface area contributed by atoms with E-state index in [1.54, 1.807) is 18.5 Å². The summed E-state index contributed by atoms with van der Waals surface area (Å²) in [4.78, 5) is 20.6. The average Bonchev–Trinajstić information content (AvgIpc) is 2.50. The fraction of sp³-hybridized carbons (Fsp3) is 0.400. The Hall–Kier alpha value is -1.24. The van der Waals surface area contributed by atoms with E-state index >= 15 is 0 Å². The Morgan fingerprint density at radius 3 is 2.75 bits per heavy atom. The molecule has 0 saturated carbocycles. The molecule has 0 radical (unpaired) electrons. The van der Waals surface area contributed by atoms with E-state index in [2.05, 4.69) is 37.9 Å². The Labute approximate surface area is 132 Å². The van der Waals surface area contributed by atoms with Gasteiger partial charge in [-0.15, -0.1) is 0 Å². The molecule has 0 spiro atoms. The van der Waals surface area contributed by atoms with Gasteiger partial charge in [0.25, 0.3) is 5.91 Å². The average molecular weight is 383 g/mol. The number of carbonyl (C=O) groups excluding carboxylic acids is 1. The fourth-order valence-electron chi connectivity index (χ4n) is 2.05. The van der Waals surface area contributed by atoms with Crippen LogP contribution < -0.4 is 5.32 Å². The zero-order valence-electron chi connectivity index (χ0n) is 11.3. The van der Waals surface area contributed by atoms with Gasteiger partial charge in [0.05, 0.1) is 11.1 Å². The van der Waals surface area contributed by atoms with Crippen LogP contribution in [-0.4, -0.2) is 26.8 Å². The maximum absolute atomic E-state index is 12.2. The molecule has 0 aliphatic rings. The van der Waals surface area contributed by atoms with Crippen LogP contribution in [0, 0.1) is 0 Å². The number of rotatable bonds is 7. The van der Waals surface area contributed by atoms with Crippen molar-refractivity contribution in [3.8, 4) is 0 Å². The molecule has 0 bridgehead atoms. The first-order valence-corrected chi connectivity index (χ1v) is 8.39. The molecule has 0 aliphatic heterocycles. The van der Waals surface area contributed by atoms with Crippen LogP contribution in [0.3, 0.4) is 0 Å². The molecule has 2 aromatic rings. The van der Waals surface area contributed by atoms with Crippen LogP contribution in [0.2, 0.25) is 0 Å². The standard InChI is InChI=1S/C15H18IN3O/c16-8-3-1-2-4-9-19-15(20)12-6-5-7-13-14(12)18-11-10-17-13/h5-7,10-11H,1-4,8-9H2,(H,19,20). The number of hydrogen-bond acceptors (Lipinski definition) is 3. The summed E-state index contributed by atoms with van der Waals surface area (Å²) < 4.78 is 1.21. The highest BCUT2D eigenvalue weighted by atomic mass is 127. The zero-order chi connectivity index (χ0) is 14.2. The van der Waals surface area contributed by atoms with Gasteiger partial charge in [-0.25, -0.2) is 0 Å². The predicted octanol–water partition coefficient (Wildman–Crippen LogP) is 3.36. The maximum atomic E-state index is 12.2. The van der Waals surface area contributed by atoms with E-state index in [4.69, 9.17) is 0 Å². The van der Waals surface area contributed by atoms with E-state index < -0.39 is 0 Å². The molecule has 5 heteroatoms. The third-order valence-corrected chi connectivity index (χ3v) is 3.85. The summed E-state index contributed by atoms with van der Waals surface area (Å²) >= 11 is 2.39. The van der Waals surface area contributed by atoms with Gasteiger partial charge in [-0.2, -0.15) is 0 Å². The van der Waals surface area contributed by atoms with Crippen LogP contribution >= 0.6 is 22.6 Å². The molecule has 1 amide bonds. The molecule has 1 N–H and O–H groups in total. The van der Waals surface area contributed by atoms with E-state index in [1.165, 1.54) is 23.7 Å². The number of halogens is 1. The number of unbranched alkanes of at least 4 members (excludes halogenated alkanes) is 3. The third kappa shape index (κ3) is 4.13. The van der Waals surface area contributed by atoms with Crippen LogP contribution in [-0.2, 0) is 0 Å². The molecular formula is C15H18IN3O. The van der Waals surface area contributed by atoms with Gasteiger partial charge in [0.1, 0.15) is 5.52 Å². The van der Waals surface area contributed by atoms with Crippen molar-refractivity contribution in [3.05, 3.63) is 36.2 Å². The highest BCUT2D eigenvalue weighted by Gasteiger charge is 2.10. The molecule has 106 valence electrons. The van der Waals surface area contributed by atoms with Crippen LogP contribution in [0.4, 0.5) is 0 Å². The summed E-state index contributed by atoms with van der Waals surface area (Å²) in [5.41, 5.74) is 2.02. The lowest BCUT2D eigenvalue weighted by atomic mass is 10.1. The molecule has 0 aliphatic carbocycles. The zero-order valence-corrected chi connectivity index (χ0v) is 13.5. The summed E-state index contributed by atoms with van der Waals surface area (Å²) in [6.45, 7) is 0.719. The second-order valence-electron chi connectivity index (χ2n) is 4.59. The summed E-state index contributed by atoms with van der Waals surface area (Å²) in [5, 5.41) is 2.96. The minimum atomic E-state index is -0.0648. The van der Waals surface area contributed by atoms with Crippen molar-refractivity contribution in [3.63, 3.8) is 0 Å². The molecule has 0 unspecified atom stereocenters. The Morgan fingerprint density at radius 2 is 1.90 bits per heavy atom. The molecule has 0 fully saturated rings. The Morgan fingerprint density at radius 1 is 1.10 bits per heavy atom. The number of alkyl halides is 1. The Kier molecular flexibility index (Phi) is 6.17. The fourth-order valence-corrected chi connectivity index (χ4v) is 2.59. The second kappa shape index (κ2) is 8.14. The van der Waals surface area contributed by atoms with Crippen molar-refractivity contribution in [2.45, 2.75) is 25.7 Å². The van der Waals surface area contributed by atoms with Crippen molar-refractivity contribution < 1.29 is 4.79 Å². The van der Waals surface area contributed by atoms with Crippen molar-refractivity contribution in [2.24, 2.45) is 0 Å². The summed E-state index contributed by atoms with van der Waals surface area (Å²) in [7, 11) is 0. The molecule has 2 rings (SSSR count). The molecule has 20 heavy (non-hydrogen) atoms. The van der Waals surface area contributed by atoms with Gasteiger partial charge >= 0.3 is 0 Å². The summed E-state index contributed by atoms with van der Waals surface area (Å²) in [6, 6.07) is 5.50. The van der Waals surface area contributed by atoms with E-state index in [1.807, 2.05) is 12.1 Å². The number of nitrogens with zero attached hydrogens (tertiary/aromatic N) is 2. The van der Waals surface area contributed by atoms with Crippen molar-refractivity contribution >= 4 is 39.5 Å². The number of benzene rings is 1. The number of fused-ring (bicyclic) bond motifs is 1. The number of carbonyl (C=O) groups is 1. The molecular weight excluding hydrogens is 365 g/mol. The van der Waals surface area contributed by atoms with Crippen molar-refractivity contribution in [1.29, 1.82) is 0 Å². The molecule has 1 heterocycles. The van der Waals surface area contributed by atoms with Crippen LogP contribution in [0.15, 0.2) is 30.6 Å². The lowest BCUT2D eigenvalue weighted by Crippen LogP contribution is -2.24. The van der Waals surface area contributed by atoms with Crippen LogP contribution in [0.1, 0.15) is 36.0 Å². The molecule has 1 aromatic heterocycles. The smallest absolute Gasteiger partial charge is 0.253 e.